The largest absolute Gasteiger partial charge is 0.486 e. The zero-order chi connectivity index (χ0) is 14.2. The van der Waals surface area contributed by atoms with Crippen LogP contribution in [-0.4, -0.2) is 13.2 Å². The maximum absolute atomic E-state index is 5.68. The van der Waals surface area contributed by atoms with Gasteiger partial charge in [-0.25, -0.2) is 0 Å². The van der Waals surface area contributed by atoms with Crippen LogP contribution in [0.15, 0.2) is 28.1 Å². The molecule has 1 unspecified atom stereocenters. The zero-order valence-corrected chi connectivity index (χ0v) is 13.9. The summed E-state index contributed by atoms with van der Waals surface area (Å²) in [6.45, 7) is 1.24. The lowest BCUT2D eigenvalue weighted by molar-refractivity contribution is 0.171. The van der Waals surface area contributed by atoms with Crippen LogP contribution in [0.4, 0.5) is 5.69 Å². The summed E-state index contributed by atoms with van der Waals surface area (Å²) in [7, 11) is 0. The monoisotopic (exact) mass is 365 g/mol. The molecule has 1 N–H and O–H groups in total. The molecule has 110 valence electrons. The Morgan fingerprint density at radius 3 is 2.86 bits per heavy atom. The highest BCUT2D eigenvalue weighted by molar-refractivity contribution is 9.10. The fourth-order valence-electron chi connectivity index (χ4n) is 3.00. The summed E-state index contributed by atoms with van der Waals surface area (Å²) in [5.74, 6) is 1.65. The Morgan fingerprint density at radius 2 is 2.00 bits per heavy atom. The average molecular weight is 366 g/mol. The molecular weight excluding hydrogens is 350 g/mol. The van der Waals surface area contributed by atoms with Crippen LogP contribution in [0.5, 0.6) is 11.5 Å². The van der Waals surface area contributed by atoms with Crippen LogP contribution in [0, 0.1) is 0 Å². The lowest BCUT2D eigenvalue weighted by Gasteiger charge is -2.26. The van der Waals surface area contributed by atoms with Gasteiger partial charge in [0.2, 0.25) is 0 Å². The van der Waals surface area contributed by atoms with Crippen LogP contribution in [-0.2, 0) is 6.42 Å². The van der Waals surface area contributed by atoms with E-state index in [1.807, 2.05) is 23.5 Å². The third-order valence-electron chi connectivity index (χ3n) is 4.01. The van der Waals surface area contributed by atoms with E-state index in [1.54, 1.807) is 0 Å². The van der Waals surface area contributed by atoms with Gasteiger partial charge in [0.25, 0.3) is 0 Å². The van der Waals surface area contributed by atoms with E-state index in [9.17, 15) is 0 Å². The molecule has 1 aliphatic carbocycles. The third kappa shape index (κ3) is 2.53. The Labute approximate surface area is 136 Å². The van der Waals surface area contributed by atoms with Crippen LogP contribution in [0.2, 0.25) is 0 Å². The van der Waals surface area contributed by atoms with E-state index in [4.69, 9.17) is 9.47 Å². The molecule has 1 atom stereocenters. The van der Waals surface area contributed by atoms with Crippen molar-refractivity contribution in [2.75, 3.05) is 18.5 Å². The number of benzene rings is 1. The lowest BCUT2D eigenvalue weighted by atomic mass is 9.94. The summed E-state index contributed by atoms with van der Waals surface area (Å²) < 4.78 is 12.3. The molecule has 1 aromatic carbocycles. The summed E-state index contributed by atoms with van der Waals surface area (Å²) in [5.41, 5.74) is 2.52. The van der Waals surface area contributed by atoms with Crippen LogP contribution < -0.4 is 14.8 Å². The van der Waals surface area contributed by atoms with Crippen molar-refractivity contribution >= 4 is 33.0 Å². The molecule has 0 fully saturated rings. The molecule has 1 aromatic heterocycles. The third-order valence-corrected chi connectivity index (χ3v) is 5.67. The van der Waals surface area contributed by atoms with Gasteiger partial charge >= 0.3 is 0 Å². The van der Waals surface area contributed by atoms with Gasteiger partial charge in [-0.2, -0.15) is 0 Å². The summed E-state index contributed by atoms with van der Waals surface area (Å²) in [6.07, 6.45) is 3.63. The molecule has 1 aliphatic heterocycles. The number of halogens is 1. The number of thiophene rings is 1. The predicted molar refractivity (Wildman–Crippen MR) is 88.8 cm³/mol. The Bertz CT molecular complexity index is 670. The van der Waals surface area contributed by atoms with Crippen LogP contribution in [0.1, 0.15) is 29.3 Å². The van der Waals surface area contributed by atoms with Crippen LogP contribution in [0.3, 0.4) is 0 Å². The maximum atomic E-state index is 5.68. The van der Waals surface area contributed by atoms with Gasteiger partial charge in [-0.1, -0.05) is 0 Å². The Balaban J connectivity index is 1.63. The molecule has 21 heavy (non-hydrogen) atoms. The van der Waals surface area contributed by atoms with Crippen molar-refractivity contribution in [3.8, 4) is 11.5 Å². The first-order valence-corrected chi connectivity index (χ1v) is 8.90. The number of anilines is 1. The van der Waals surface area contributed by atoms with Crippen LogP contribution in [0.25, 0.3) is 0 Å². The number of fused-ring (bicyclic) bond motifs is 2. The van der Waals surface area contributed by atoms with Crippen molar-refractivity contribution in [3.63, 3.8) is 0 Å². The smallest absolute Gasteiger partial charge is 0.163 e. The quantitative estimate of drug-likeness (QED) is 0.831. The van der Waals surface area contributed by atoms with Gasteiger partial charge in [-0.15, -0.1) is 11.3 Å². The molecule has 0 amide bonds. The molecule has 3 nitrogen and oxygen atoms in total. The minimum atomic E-state index is 0.388. The topological polar surface area (TPSA) is 30.5 Å². The Kier molecular flexibility index (Phi) is 3.55. The second-order valence-electron chi connectivity index (χ2n) is 5.36. The van der Waals surface area contributed by atoms with Crippen molar-refractivity contribution < 1.29 is 9.47 Å². The predicted octanol–water partition coefficient (Wildman–Crippen LogP) is 4.77. The van der Waals surface area contributed by atoms with Crippen molar-refractivity contribution in [2.45, 2.75) is 25.3 Å². The second kappa shape index (κ2) is 5.54. The number of rotatable bonds is 2. The molecule has 0 saturated carbocycles. The first kappa shape index (κ1) is 13.5. The maximum Gasteiger partial charge on any atom is 0.163 e. The van der Waals surface area contributed by atoms with Crippen molar-refractivity contribution in [2.24, 2.45) is 0 Å². The van der Waals surface area contributed by atoms with Gasteiger partial charge < -0.3 is 14.8 Å². The van der Waals surface area contributed by atoms with E-state index < -0.39 is 0 Å². The molecule has 0 saturated heterocycles. The summed E-state index contributed by atoms with van der Waals surface area (Å²) in [4.78, 5) is 1.52. The van der Waals surface area contributed by atoms with Gasteiger partial charge in [-0.05, 0) is 52.2 Å². The number of aryl methyl sites for hydroxylation is 1. The molecule has 0 spiro atoms. The summed E-state index contributed by atoms with van der Waals surface area (Å²) >= 11 is 5.51. The second-order valence-corrected chi connectivity index (χ2v) is 7.22. The fourth-order valence-corrected chi connectivity index (χ4v) is 4.42. The highest BCUT2D eigenvalue weighted by Crippen LogP contribution is 2.41. The molecule has 2 aromatic rings. The SMILES string of the molecule is Brc1cc2c(cc1NC1CCCc3sccc31)OCCO2. The van der Waals surface area contributed by atoms with Crippen molar-refractivity contribution in [1.29, 1.82) is 0 Å². The van der Waals surface area contributed by atoms with Gasteiger partial charge in [0.05, 0.1) is 11.7 Å². The molecular formula is C16H16BrNO2S. The van der Waals surface area contributed by atoms with Crippen LogP contribution >= 0.6 is 27.3 Å². The van der Waals surface area contributed by atoms with Gasteiger partial charge in [0.1, 0.15) is 13.2 Å². The molecule has 4 rings (SSSR count). The van der Waals surface area contributed by atoms with Gasteiger partial charge in [-0.3, -0.25) is 0 Å². The molecule has 0 bridgehead atoms. The van der Waals surface area contributed by atoms with Crippen molar-refractivity contribution in [3.05, 3.63) is 38.5 Å². The summed E-state index contributed by atoms with van der Waals surface area (Å²) in [5, 5.41) is 5.86. The zero-order valence-electron chi connectivity index (χ0n) is 11.5. The normalized spacial score (nSPS) is 20.0. The van der Waals surface area contributed by atoms with E-state index in [-0.39, 0.29) is 0 Å². The van der Waals surface area contributed by atoms with Gasteiger partial charge in [0.15, 0.2) is 11.5 Å². The molecule has 0 radical (unpaired) electrons. The highest BCUT2D eigenvalue weighted by Gasteiger charge is 2.23. The minimum absolute atomic E-state index is 0.388. The molecule has 2 aliphatic rings. The standard InChI is InChI=1S/C16H16BrNO2S/c17-11-8-14-15(20-6-5-19-14)9-13(11)18-12-2-1-3-16-10(12)4-7-21-16/h4,7-9,12,18H,1-3,5-6H2. The first-order chi connectivity index (χ1) is 10.3. The summed E-state index contributed by atoms with van der Waals surface area (Å²) in [6, 6.07) is 6.68. The number of nitrogens with one attached hydrogen (secondary N) is 1. The molecule has 5 heteroatoms. The number of ether oxygens (including phenoxy) is 2. The molecule has 2 heterocycles. The number of hydrogen-bond acceptors (Lipinski definition) is 4. The van der Waals surface area contributed by atoms with E-state index in [0.29, 0.717) is 19.3 Å². The first-order valence-electron chi connectivity index (χ1n) is 7.23. The van der Waals surface area contributed by atoms with E-state index in [2.05, 4.69) is 32.7 Å². The number of hydrogen-bond donors (Lipinski definition) is 1. The van der Waals surface area contributed by atoms with Gasteiger partial charge in [0, 0.05) is 21.5 Å². The lowest BCUT2D eigenvalue weighted by Crippen LogP contribution is -2.18. The Hall–Kier alpha value is -1.20. The van der Waals surface area contributed by atoms with E-state index in [1.165, 1.54) is 29.7 Å². The van der Waals surface area contributed by atoms with E-state index in [0.717, 1.165) is 21.7 Å². The highest BCUT2D eigenvalue weighted by atomic mass is 79.9. The van der Waals surface area contributed by atoms with Crippen molar-refractivity contribution in [1.82, 2.24) is 0 Å². The Morgan fingerprint density at radius 1 is 1.19 bits per heavy atom. The average Bonchev–Trinajstić information content (AvgIpc) is 2.97. The minimum Gasteiger partial charge on any atom is -0.486 e. The van der Waals surface area contributed by atoms with E-state index >= 15 is 0 Å². The fraction of sp³-hybridized carbons (Fsp3) is 0.375.